The second kappa shape index (κ2) is 5.28. The number of anilines is 1. The van der Waals surface area contributed by atoms with Crippen molar-refractivity contribution in [2.75, 3.05) is 12.3 Å². The predicted octanol–water partition coefficient (Wildman–Crippen LogP) is 2.23. The quantitative estimate of drug-likeness (QED) is 0.824. The van der Waals surface area contributed by atoms with Crippen LogP contribution >= 0.6 is 0 Å². The fourth-order valence-corrected chi connectivity index (χ4v) is 2.40. The van der Waals surface area contributed by atoms with Crippen LogP contribution in [0.3, 0.4) is 0 Å². The molecule has 0 fully saturated rings. The highest BCUT2D eigenvalue weighted by Gasteiger charge is 2.22. The molecule has 1 atom stereocenters. The van der Waals surface area contributed by atoms with Gasteiger partial charge in [-0.3, -0.25) is 0 Å². The van der Waals surface area contributed by atoms with Crippen LogP contribution in [0.25, 0.3) is 0 Å². The Hall–Kier alpha value is -1.07. The molecule has 0 spiro atoms. The first-order valence-corrected chi connectivity index (χ1v) is 7.46. The third kappa shape index (κ3) is 3.99. The minimum Gasteiger partial charge on any atom is -0.399 e. The van der Waals surface area contributed by atoms with Crippen LogP contribution < -0.4 is 10.5 Å². The van der Waals surface area contributed by atoms with E-state index < -0.39 is 10.0 Å². The first-order valence-electron chi connectivity index (χ1n) is 5.98. The maximum absolute atomic E-state index is 12.0. The summed E-state index contributed by atoms with van der Waals surface area (Å²) in [5, 5.41) is 0. The number of benzene rings is 1. The number of nitrogens with one attached hydrogen (secondary N) is 1. The number of nitrogen functional groups attached to an aromatic ring is 1. The van der Waals surface area contributed by atoms with Gasteiger partial charge in [0.15, 0.2) is 0 Å². The summed E-state index contributed by atoms with van der Waals surface area (Å²) in [5.74, 6) is 0.251. The molecule has 0 saturated heterocycles. The van der Waals surface area contributed by atoms with Crippen LogP contribution in [0.4, 0.5) is 5.69 Å². The molecule has 0 heterocycles. The average molecular weight is 270 g/mol. The normalized spacial score (nSPS) is 14.4. The largest absolute Gasteiger partial charge is 0.399 e. The molecule has 4 nitrogen and oxygen atoms in total. The van der Waals surface area contributed by atoms with E-state index in [2.05, 4.69) is 25.5 Å². The monoisotopic (exact) mass is 270 g/mol. The molecule has 18 heavy (non-hydrogen) atoms. The second-order valence-electron chi connectivity index (χ2n) is 5.69. The standard InChI is InChI=1S/C13H22N2O2S/c1-10(13(2,3)4)9-15-18(16,17)12-7-5-11(14)6-8-12/h5-8,10,15H,9,14H2,1-4H3. The van der Waals surface area contributed by atoms with E-state index in [1.165, 1.54) is 12.1 Å². The molecule has 1 unspecified atom stereocenters. The summed E-state index contributed by atoms with van der Waals surface area (Å²) in [6, 6.07) is 6.20. The first kappa shape index (κ1) is 15.0. The van der Waals surface area contributed by atoms with Crippen molar-refractivity contribution in [3.63, 3.8) is 0 Å². The molecule has 0 aromatic heterocycles. The van der Waals surface area contributed by atoms with Gasteiger partial charge in [0.25, 0.3) is 0 Å². The number of nitrogens with two attached hydrogens (primary N) is 1. The van der Waals surface area contributed by atoms with E-state index in [9.17, 15) is 8.42 Å². The number of hydrogen-bond acceptors (Lipinski definition) is 3. The highest BCUT2D eigenvalue weighted by Crippen LogP contribution is 2.24. The number of sulfonamides is 1. The van der Waals surface area contributed by atoms with E-state index in [-0.39, 0.29) is 16.2 Å². The van der Waals surface area contributed by atoms with Crippen molar-refractivity contribution in [2.24, 2.45) is 11.3 Å². The molecular formula is C13H22N2O2S. The van der Waals surface area contributed by atoms with Gasteiger partial charge in [-0.1, -0.05) is 27.7 Å². The summed E-state index contributed by atoms with van der Waals surface area (Å²) in [6.07, 6.45) is 0. The topological polar surface area (TPSA) is 72.2 Å². The van der Waals surface area contributed by atoms with Crippen LogP contribution in [-0.2, 0) is 10.0 Å². The maximum Gasteiger partial charge on any atom is 0.240 e. The zero-order valence-corrected chi connectivity index (χ0v) is 12.2. The lowest BCUT2D eigenvalue weighted by molar-refractivity contribution is 0.263. The van der Waals surface area contributed by atoms with Crippen molar-refractivity contribution < 1.29 is 8.42 Å². The summed E-state index contributed by atoms with van der Waals surface area (Å²) in [5.41, 5.74) is 6.16. The van der Waals surface area contributed by atoms with Gasteiger partial charge in [-0.25, -0.2) is 13.1 Å². The maximum atomic E-state index is 12.0. The van der Waals surface area contributed by atoms with E-state index in [1.54, 1.807) is 12.1 Å². The van der Waals surface area contributed by atoms with Crippen LogP contribution in [-0.4, -0.2) is 15.0 Å². The van der Waals surface area contributed by atoms with E-state index in [0.717, 1.165) is 0 Å². The third-order valence-corrected chi connectivity index (χ3v) is 4.69. The Balaban J connectivity index is 2.75. The molecule has 1 rings (SSSR count). The van der Waals surface area contributed by atoms with Gasteiger partial charge in [-0.2, -0.15) is 0 Å². The summed E-state index contributed by atoms with van der Waals surface area (Å²) in [6.45, 7) is 8.74. The van der Waals surface area contributed by atoms with Crippen LogP contribution in [0.2, 0.25) is 0 Å². The molecular weight excluding hydrogens is 248 g/mol. The van der Waals surface area contributed by atoms with Gasteiger partial charge in [0.2, 0.25) is 10.0 Å². The zero-order chi connectivity index (χ0) is 14.0. The van der Waals surface area contributed by atoms with Crippen molar-refractivity contribution >= 4 is 15.7 Å². The lowest BCUT2D eigenvalue weighted by atomic mass is 9.82. The Kier molecular flexibility index (Phi) is 4.40. The summed E-state index contributed by atoms with van der Waals surface area (Å²) in [4.78, 5) is 0.248. The minimum atomic E-state index is -3.44. The predicted molar refractivity (Wildman–Crippen MR) is 74.7 cm³/mol. The van der Waals surface area contributed by atoms with Crippen molar-refractivity contribution in [2.45, 2.75) is 32.6 Å². The van der Waals surface area contributed by atoms with Gasteiger partial charge >= 0.3 is 0 Å². The van der Waals surface area contributed by atoms with E-state index >= 15 is 0 Å². The van der Waals surface area contributed by atoms with Crippen molar-refractivity contribution in [3.05, 3.63) is 24.3 Å². The van der Waals surface area contributed by atoms with Crippen molar-refractivity contribution in [1.82, 2.24) is 4.72 Å². The average Bonchev–Trinajstić information content (AvgIpc) is 2.25. The summed E-state index contributed by atoms with van der Waals surface area (Å²) < 4.78 is 26.7. The summed E-state index contributed by atoms with van der Waals surface area (Å²) in [7, 11) is -3.44. The lowest BCUT2D eigenvalue weighted by Gasteiger charge is -2.27. The molecule has 0 amide bonds. The number of hydrogen-bond donors (Lipinski definition) is 2. The Labute approximate surface area is 110 Å². The van der Waals surface area contributed by atoms with Gasteiger partial charge in [-0.15, -0.1) is 0 Å². The van der Waals surface area contributed by atoms with Crippen molar-refractivity contribution in [1.29, 1.82) is 0 Å². The lowest BCUT2D eigenvalue weighted by Crippen LogP contribution is -2.33. The highest BCUT2D eigenvalue weighted by molar-refractivity contribution is 7.89. The molecule has 0 saturated carbocycles. The van der Waals surface area contributed by atoms with Crippen molar-refractivity contribution in [3.8, 4) is 0 Å². The molecule has 3 N–H and O–H groups in total. The van der Waals surface area contributed by atoms with Crippen LogP contribution in [0.15, 0.2) is 29.2 Å². The Morgan fingerprint density at radius 1 is 1.22 bits per heavy atom. The Bertz CT molecular complexity index is 487. The molecule has 5 heteroatoms. The molecule has 1 aromatic rings. The molecule has 0 bridgehead atoms. The molecule has 0 radical (unpaired) electrons. The van der Waals surface area contributed by atoms with E-state index in [0.29, 0.717) is 12.2 Å². The van der Waals surface area contributed by atoms with Gasteiger partial charge in [0, 0.05) is 12.2 Å². The Morgan fingerprint density at radius 3 is 2.17 bits per heavy atom. The fraction of sp³-hybridized carbons (Fsp3) is 0.538. The van der Waals surface area contributed by atoms with Gasteiger partial charge < -0.3 is 5.73 Å². The van der Waals surface area contributed by atoms with E-state index in [4.69, 9.17) is 5.73 Å². The highest BCUT2D eigenvalue weighted by atomic mass is 32.2. The fourth-order valence-electron chi connectivity index (χ4n) is 1.27. The Morgan fingerprint density at radius 2 is 1.72 bits per heavy atom. The minimum absolute atomic E-state index is 0.0731. The van der Waals surface area contributed by atoms with Gasteiger partial charge in [-0.05, 0) is 35.6 Å². The van der Waals surface area contributed by atoms with Gasteiger partial charge in [0.1, 0.15) is 0 Å². The summed E-state index contributed by atoms with van der Waals surface area (Å²) >= 11 is 0. The molecule has 1 aromatic carbocycles. The molecule has 0 aliphatic carbocycles. The zero-order valence-electron chi connectivity index (χ0n) is 11.4. The molecule has 0 aliphatic rings. The van der Waals surface area contributed by atoms with Gasteiger partial charge in [0.05, 0.1) is 4.90 Å². The first-order chi connectivity index (χ1) is 8.13. The van der Waals surface area contributed by atoms with E-state index in [1.807, 2.05) is 6.92 Å². The molecule has 0 aliphatic heterocycles. The van der Waals surface area contributed by atoms with Crippen LogP contribution in [0.5, 0.6) is 0 Å². The number of rotatable bonds is 4. The smallest absolute Gasteiger partial charge is 0.240 e. The van der Waals surface area contributed by atoms with Crippen LogP contribution in [0.1, 0.15) is 27.7 Å². The molecule has 102 valence electrons. The van der Waals surface area contributed by atoms with Crippen LogP contribution in [0, 0.1) is 11.3 Å². The second-order valence-corrected chi connectivity index (χ2v) is 7.45. The SMILES string of the molecule is CC(CNS(=O)(=O)c1ccc(N)cc1)C(C)(C)C. The third-order valence-electron chi connectivity index (χ3n) is 3.25.